The SMILES string of the molecule is CCN(Cc1ccccc1)C(=O)Cn1nc2c(-c3nc(-c4ccc(C)cc4)no3)cccn2c1=O. The summed E-state index contributed by atoms with van der Waals surface area (Å²) in [4.78, 5) is 32.2. The fraction of sp³-hybridized carbons (Fsp3) is 0.192. The van der Waals surface area contributed by atoms with Crippen LogP contribution in [0.2, 0.25) is 0 Å². The van der Waals surface area contributed by atoms with Gasteiger partial charge in [-0.1, -0.05) is 65.3 Å². The number of aryl methyl sites for hydroxylation is 1. The summed E-state index contributed by atoms with van der Waals surface area (Å²) in [6.45, 7) is 4.73. The second kappa shape index (κ2) is 9.38. The molecule has 0 aliphatic heterocycles. The van der Waals surface area contributed by atoms with Crippen LogP contribution in [0.1, 0.15) is 18.1 Å². The van der Waals surface area contributed by atoms with Gasteiger partial charge < -0.3 is 9.42 Å². The molecule has 0 unspecified atom stereocenters. The lowest BCUT2D eigenvalue weighted by molar-refractivity contribution is -0.132. The normalized spacial score (nSPS) is 11.1. The summed E-state index contributed by atoms with van der Waals surface area (Å²) in [6, 6.07) is 21.0. The van der Waals surface area contributed by atoms with Gasteiger partial charge in [0.05, 0.1) is 5.56 Å². The van der Waals surface area contributed by atoms with Crippen LogP contribution < -0.4 is 5.69 Å². The minimum absolute atomic E-state index is 0.168. The van der Waals surface area contributed by atoms with Crippen LogP contribution in [-0.2, 0) is 17.9 Å². The average Bonchev–Trinajstić information content (AvgIpc) is 3.49. The van der Waals surface area contributed by atoms with Crippen LogP contribution in [-0.4, -0.2) is 41.7 Å². The van der Waals surface area contributed by atoms with Gasteiger partial charge in [-0.25, -0.2) is 13.9 Å². The molecule has 0 N–H and O–H groups in total. The first-order valence-electron chi connectivity index (χ1n) is 11.3. The monoisotopic (exact) mass is 468 g/mol. The van der Waals surface area contributed by atoms with E-state index in [4.69, 9.17) is 4.52 Å². The van der Waals surface area contributed by atoms with Gasteiger partial charge in [0.25, 0.3) is 5.89 Å². The van der Waals surface area contributed by atoms with Crippen molar-refractivity contribution in [3.8, 4) is 22.8 Å². The Bertz CT molecular complexity index is 1530. The fourth-order valence-electron chi connectivity index (χ4n) is 3.87. The molecule has 2 aromatic carbocycles. The van der Waals surface area contributed by atoms with Crippen molar-refractivity contribution in [2.75, 3.05) is 6.54 Å². The third-order valence-electron chi connectivity index (χ3n) is 5.81. The Morgan fingerprint density at radius 3 is 2.54 bits per heavy atom. The highest BCUT2D eigenvalue weighted by Crippen LogP contribution is 2.24. The summed E-state index contributed by atoms with van der Waals surface area (Å²) in [5.74, 6) is 0.496. The lowest BCUT2D eigenvalue weighted by Gasteiger charge is -2.20. The van der Waals surface area contributed by atoms with E-state index in [1.165, 1.54) is 9.08 Å². The standard InChI is InChI=1S/C26H24N6O3/c1-3-30(16-19-8-5-4-6-9-19)22(33)17-32-26(34)31-15-7-10-21(24(31)28-32)25-27-23(29-35-25)20-13-11-18(2)12-14-20/h4-15H,3,16-17H2,1-2H3. The van der Waals surface area contributed by atoms with Gasteiger partial charge in [-0.2, -0.15) is 4.98 Å². The molecule has 3 aromatic heterocycles. The van der Waals surface area contributed by atoms with Crippen molar-refractivity contribution < 1.29 is 9.32 Å². The number of hydrogen-bond acceptors (Lipinski definition) is 6. The zero-order valence-corrected chi connectivity index (χ0v) is 19.5. The summed E-state index contributed by atoms with van der Waals surface area (Å²) in [5, 5.41) is 8.52. The molecule has 9 nitrogen and oxygen atoms in total. The molecule has 0 fully saturated rings. The lowest BCUT2D eigenvalue weighted by atomic mass is 10.1. The van der Waals surface area contributed by atoms with Crippen LogP contribution in [0, 0.1) is 6.92 Å². The molecule has 0 radical (unpaired) electrons. The fourth-order valence-corrected chi connectivity index (χ4v) is 3.87. The van der Waals surface area contributed by atoms with Crippen molar-refractivity contribution in [3.63, 3.8) is 0 Å². The van der Waals surface area contributed by atoms with Crippen LogP contribution in [0.25, 0.3) is 28.5 Å². The largest absolute Gasteiger partial charge is 0.350 e. The van der Waals surface area contributed by atoms with Crippen molar-refractivity contribution in [2.45, 2.75) is 26.9 Å². The molecule has 0 spiro atoms. The molecule has 3 heterocycles. The quantitative estimate of drug-likeness (QED) is 0.362. The number of fused-ring (bicyclic) bond motifs is 1. The maximum Gasteiger partial charge on any atom is 0.350 e. The molecule has 5 aromatic rings. The predicted molar refractivity (Wildman–Crippen MR) is 130 cm³/mol. The highest BCUT2D eigenvalue weighted by atomic mass is 16.5. The summed E-state index contributed by atoms with van der Waals surface area (Å²) in [7, 11) is 0. The molecular weight excluding hydrogens is 444 g/mol. The maximum atomic E-state index is 13.0. The van der Waals surface area contributed by atoms with Crippen molar-refractivity contribution in [1.29, 1.82) is 0 Å². The van der Waals surface area contributed by atoms with Gasteiger partial charge >= 0.3 is 5.69 Å². The number of carbonyl (C=O) groups excluding carboxylic acids is 1. The number of nitrogens with zero attached hydrogens (tertiary/aromatic N) is 6. The number of rotatable bonds is 7. The van der Waals surface area contributed by atoms with E-state index in [2.05, 4.69) is 15.2 Å². The van der Waals surface area contributed by atoms with Gasteiger partial charge in [-0.3, -0.25) is 4.79 Å². The third-order valence-corrected chi connectivity index (χ3v) is 5.81. The number of benzene rings is 2. The number of carbonyl (C=O) groups is 1. The summed E-state index contributed by atoms with van der Waals surface area (Å²) in [5.41, 5.74) is 3.42. The second-order valence-corrected chi connectivity index (χ2v) is 8.24. The molecule has 0 saturated carbocycles. The zero-order chi connectivity index (χ0) is 24.4. The van der Waals surface area contributed by atoms with E-state index in [0.29, 0.717) is 30.1 Å². The molecule has 0 aliphatic rings. The Balaban J connectivity index is 1.43. The number of likely N-dealkylation sites (N-methyl/N-ethyl adjacent to an activating group) is 1. The molecule has 1 amide bonds. The van der Waals surface area contributed by atoms with E-state index in [1.807, 2.05) is 68.4 Å². The van der Waals surface area contributed by atoms with Crippen LogP contribution in [0.5, 0.6) is 0 Å². The number of hydrogen-bond donors (Lipinski definition) is 0. The Morgan fingerprint density at radius 2 is 1.80 bits per heavy atom. The molecule has 0 saturated heterocycles. The van der Waals surface area contributed by atoms with E-state index >= 15 is 0 Å². The Hall–Kier alpha value is -4.53. The Labute approximate surface area is 201 Å². The van der Waals surface area contributed by atoms with E-state index < -0.39 is 5.69 Å². The molecular formula is C26H24N6O3. The molecule has 0 atom stereocenters. The van der Waals surface area contributed by atoms with E-state index in [0.717, 1.165) is 16.7 Å². The first-order valence-corrected chi connectivity index (χ1v) is 11.3. The van der Waals surface area contributed by atoms with Gasteiger partial charge in [-0.05, 0) is 31.5 Å². The third kappa shape index (κ3) is 4.48. The highest BCUT2D eigenvalue weighted by Gasteiger charge is 2.20. The van der Waals surface area contributed by atoms with Gasteiger partial charge in [0.1, 0.15) is 6.54 Å². The molecule has 5 rings (SSSR count). The molecule has 9 heteroatoms. The van der Waals surface area contributed by atoms with Crippen LogP contribution in [0.4, 0.5) is 0 Å². The molecule has 176 valence electrons. The van der Waals surface area contributed by atoms with Crippen molar-refractivity contribution in [3.05, 3.63) is 94.5 Å². The van der Waals surface area contributed by atoms with Crippen molar-refractivity contribution in [1.82, 2.24) is 29.2 Å². The summed E-state index contributed by atoms with van der Waals surface area (Å²) in [6.07, 6.45) is 1.61. The smallest absolute Gasteiger partial charge is 0.337 e. The van der Waals surface area contributed by atoms with Gasteiger partial charge in [0.2, 0.25) is 11.7 Å². The molecule has 0 bridgehead atoms. The highest BCUT2D eigenvalue weighted by molar-refractivity contribution is 5.76. The summed E-state index contributed by atoms with van der Waals surface area (Å²) >= 11 is 0. The number of aromatic nitrogens is 5. The Morgan fingerprint density at radius 1 is 1.03 bits per heavy atom. The van der Waals surface area contributed by atoms with Crippen LogP contribution in [0.3, 0.4) is 0 Å². The topological polar surface area (TPSA) is 98.5 Å². The second-order valence-electron chi connectivity index (χ2n) is 8.24. The van der Waals surface area contributed by atoms with E-state index in [-0.39, 0.29) is 18.3 Å². The average molecular weight is 469 g/mol. The van der Waals surface area contributed by atoms with Gasteiger partial charge in [-0.15, -0.1) is 5.10 Å². The number of pyridine rings is 1. The number of amides is 1. The van der Waals surface area contributed by atoms with Crippen LogP contribution in [0.15, 0.2) is 82.2 Å². The Kier molecular flexibility index (Phi) is 5.97. The maximum absolute atomic E-state index is 13.0. The van der Waals surface area contributed by atoms with E-state index in [9.17, 15) is 9.59 Å². The van der Waals surface area contributed by atoms with Crippen LogP contribution >= 0.6 is 0 Å². The lowest BCUT2D eigenvalue weighted by Crippen LogP contribution is -2.36. The van der Waals surface area contributed by atoms with Gasteiger partial charge in [0.15, 0.2) is 5.65 Å². The minimum atomic E-state index is -0.413. The first-order chi connectivity index (χ1) is 17.0. The minimum Gasteiger partial charge on any atom is -0.337 e. The van der Waals surface area contributed by atoms with E-state index in [1.54, 1.807) is 23.2 Å². The molecule has 0 aliphatic carbocycles. The molecule has 35 heavy (non-hydrogen) atoms. The predicted octanol–water partition coefficient (Wildman–Crippen LogP) is 3.57. The summed E-state index contributed by atoms with van der Waals surface area (Å²) < 4.78 is 8.05. The van der Waals surface area contributed by atoms with Crippen molar-refractivity contribution in [2.24, 2.45) is 0 Å². The zero-order valence-electron chi connectivity index (χ0n) is 19.5. The van der Waals surface area contributed by atoms with Gasteiger partial charge in [0, 0.05) is 24.8 Å². The van der Waals surface area contributed by atoms with Crippen molar-refractivity contribution >= 4 is 11.6 Å². The first kappa shape index (κ1) is 22.3.